The topological polar surface area (TPSA) is 40.5 Å². The highest BCUT2D eigenvalue weighted by Crippen LogP contribution is 2.46. The third-order valence-corrected chi connectivity index (χ3v) is 6.00. The summed E-state index contributed by atoms with van der Waals surface area (Å²) in [6.45, 7) is 0. The van der Waals surface area contributed by atoms with Crippen molar-refractivity contribution < 1.29 is 10.2 Å². The van der Waals surface area contributed by atoms with Crippen molar-refractivity contribution >= 4 is 54.3 Å². The zero-order chi connectivity index (χ0) is 16.9. The first kappa shape index (κ1) is 16.0. The number of rotatable bonds is 1. The van der Waals surface area contributed by atoms with Gasteiger partial charge in [-0.3, -0.25) is 0 Å². The van der Waals surface area contributed by atoms with Gasteiger partial charge in [0.25, 0.3) is 0 Å². The van der Waals surface area contributed by atoms with E-state index < -0.39 is 9.02 Å². The van der Waals surface area contributed by atoms with Crippen LogP contribution in [-0.2, 0) is 0 Å². The number of benzene rings is 3. The fraction of sp³-hybridized carbons (Fsp3) is 0.100. The predicted octanol–water partition coefficient (Wildman–Crippen LogP) is 3.00. The number of alkyl halides is 2. The van der Waals surface area contributed by atoms with Gasteiger partial charge < -0.3 is 10.2 Å². The third-order valence-electron chi connectivity index (χ3n) is 4.44. The van der Waals surface area contributed by atoms with Crippen LogP contribution in [0.2, 0.25) is 0 Å². The minimum Gasteiger partial charge on any atom is -0.360 e. The Kier molecular flexibility index (Phi) is 3.69. The lowest BCUT2D eigenvalue weighted by atomic mass is 9.86. The summed E-state index contributed by atoms with van der Waals surface area (Å²) in [5.74, 6) is -2.12. The van der Waals surface area contributed by atoms with Gasteiger partial charge in [0.05, 0.1) is 0 Å². The molecular weight excluding hydrogens is 432 g/mol. The Morgan fingerprint density at radius 2 is 1.42 bits per heavy atom. The van der Waals surface area contributed by atoms with Crippen LogP contribution < -0.4 is 10.4 Å². The van der Waals surface area contributed by atoms with E-state index in [2.05, 4.69) is 31.9 Å². The van der Waals surface area contributed by atoms with Gasteiger partial charge in [-0.2, -0.15) is 0 Å². The molecule has 0 aromatic heterocycles. The van der Waals surface area contributed by atoms with E-state index in [0.717, 1.165) is 26.8 Å². The van der Waals surface area contributed by atoms with Gasteiger partial charge in [0.2, 0.25) is 5.79 Å². The number of aliphatic hydroxyl groups is 2. The number of halogens is 2. The van der Waals surface area contributed by atoms with Gasteiger partial charge in [-0.15, -0.1) is 0 Å². The van der Waals surface area contributed by atoms with Crippen molar-refractivity contribution in [2.45, 2.75) is 9.02 Å². The number of hydrogen-bond acceptors (Lipinski definition) is 2. The Hall–Kier alpha value is -1.46. The van der Waals surface area contributed by atoms with E-state index in [-0.39, 0.29) is 0 Å². The zero-order valence-electron chi connectivity index (χ0n) is 12.6. The van der Waals surface area contributed by atoms with Crippen LogP contribution >= 0.6 is 31.9 Å². The molecule has 1 aliphatic carbocycles. The van der Waals surface area contributed by atoms with Gasteiger partial charge in [0.15, 0.2) is 3.23 Å². The van der Waals surface area contributed by atoms with Crippen molar-refractivity contribution in [3.05, 3.63) is 82.7 Å². The second kappa shape index (κ2) is 5.53. The standard InChI is InChI=1S/C20H14Br2O2/c21-19(22)12-14-7-2-4-10-16(14)18(20(19,23)24)17-11-5-8-13-6-1-3-9-15(13)17/h1-12,23-24H. The van der Waals surface area contributed by atoms with E-state index >= 15 is 0 Å². The first-order valence-electron chi connectivity index (χ1n) is 7.55. The zero-order valence-corrected chi connectivity index (χ0v) is 15.8. The van der Waals surface area contributed by atoms with Crippen LogP contribution in [0.3, 0.4) is 0 Å². The molecule has 0 fully saturated rings. The third kappa shape index (κ3) is 2.29. The second-order valence-electron chi connectivity index (χ2n) is 5.93. The average molecular weight is 446 g/mol. The predicted molar refractivity (Wildman–Crippen MR) is 104 cm³/mol. The Morgan fingerprint density at radius 1 is 0.750 bits per heavy atom. The summed E-state index contributed by atoms with van der Waals surface area (Å²) in [6.07, 6.45) is 1.77. The summed E-state index contributed by atoms with van der Waals surface area (Å²) in [4.78, 5) is 0. The Bertz CT molecular complexity index is 1060. The van der Waals surface area contributed by atoms with Gasteiger partial charge in [0.1, 0.15) is 0 Å². The lowest BCUT2D eigenvalue weighted by Gasteiger charge is -2.37. The highest BCUT2D eigenvalue weighted by Gasteiger charge is 2.50. The molecule has 0 amide bonds. The van der Waals surface area contributed by atoms with E-state index in [1.807, 2.05) is 66.7 Å². The molecule has 0 bridgehead atoms. The molecule has 3 aromatic carbocycles. The average Bonchev–Trinajstić information content (AvgIpc) is 2.55. The molecule has 120 valence electrons. The van der Waals surface area contributed by atoms with E-state index in [1.165, 1.54) is 0 Å². The molecule has 4 rings (SSSR count). The Labute approximate surface area is 156 Å². The normalized spacial score (nSPS) is 18.1. The molecule has 1 aliphatic rings. The van der Waals surface area contributed by atoms with Gasteiger partial charge in [-0.1, -0.05) is 98.6 Å². The largest absolute Gasteiger partial charge is 0.360 e. The lowest BCUT2D eigenvalue weighted by molar-refractivity contribution is -0.102. The highest BCUT2D eigenvalue weighted by atomic mass is 79.9. The first-order chi connectivity index (χ1) is 11.4. The minimum absolute atomic E-state index is 0.478. The summed E-state index contributed by atoms with van der Waals surface area (Å²) in [5, 5.41) is 25.8. The smallest absolute Gasteiger partial charge is 0.220 e. The minimum atomic E-state index is -2.12. The first-order valence-corrected chi connectivity index (χ1v) is 9.14. The maximum atomic E-state index is 11.0. The van der Waals surface area contributed by atoms with Gasteiger partial charge >= 0.3 is 0 Å². The molecule has 0 heterocycles. The fourth-order valence-corrected chi connectivity index (χ4v) is 4.17. The van der Waals surface area contributed by atoms with Crippen molar-refractivity contribution in [1.82, 2.24) is 0 Å². The van der Waals surface area contributed by atoms with Crippen LogP contribution in [0.1, 0.15) is 5.56 Å². The SMILES string of the molecule is OC1(O)C(c2cccc3ccccc23)=c2ccccc2=CC1(Br)Br. The molecule has 0 radical (unpaired) electrons. The van der Waals surface area contributed by atoms with Crippen molar-refractivity contribution in [3.63, 3.8) is 0 Å². The monoisotopic (exact) mass is 444 g/mol. The highest BCUT2D eigenvalue weighted by molar-refractivity contribution is 9.25. The molecular formula is C20H14Br2O2. The quantitative estimate of drug-likeness (QED) is 0.446. The van der Waals surface area contributed by atoms with Crippen molar-refractivity contribution in [3.8, 4) is 0 Å². The van der Waals surface area contributed by atoms with Gasteiger partial charge in [-0.25, -0.2) is 0 Å². The van der Waals surface area contributed by atoms with Crippen LogP contribution in [0.4, 0.5) is 0 Å². The molecule has 0 atom stereocenters. The molecule has 0 unspecified atom stereocenters. The van der Waals surface area contributed by atoms with Crippen LogP contribution in [0, 0.1) is 0 Å². The Balaban J connectivity index is 2.22. The van der Waals surface area contributed by atoms with E-state index in [0.29, 0.717) is 5.57 Å². The molecule has 4 heteroatoms. The van der Waals surface area contributed by atoms with E-state index in [9.17, 15) is 10.2 Å². The summed E-state index contributed by atoms with van der Waals surface area (Å²) in [7, 11) is 0. The molecule has 2 N–H and O–H groups in total. The van der Waals surface area contributed by atoms with Gasteiger partial charge in [0, 0.05) is 5.57 Å². The molecule has 24 heavy (non-hydrogen) atoms. The molecule has 3 aromatic rings. The second-order valence-corrected chi connectivity index (χ2v) is 9.49. The van der Waals surface area contributed by atoms with E-state index in [1.54, 1.807) is 6.08 Å². The maximum Gasteiger partial charge on any atom is 0.220 e. The molecule has 0 saturated heterocycles. The summed E-state index contributed by atoms with van der Waals surface area (Å²) < 4.78 is -1.17. The van der Waals surface area contributed by atoms with Crippen LogP contribution in [-0.4, -0.2) is 19.2 Å². The molecule has 0 aliphatic heterocycles. The molecule has 0 spiro atoms. The van der Waals surface area contributed by atoms with E-state index in [4.69, 9.17) is 0 Å². The Morgan fingerprint density at radius 3 is 2.25 bits per heavy atom. The maximum absolute atomic E-state index is 11.0. The summed E-state index contributed by atoms with van der Waals surface area (Å²) in [6, 6.07) is 21.6. The lowest BCUT2D eigenvalue weighted by Crippen LogP contribution is -2.54. The molecule has 0 saturated carbocycles. The number of hydrogen-bond donors (Lipinski definition) is 2. The van der Waals surface area contributed by atoms with Crippen molar-refractivity contribution in [1.29, 1.82) is 0 Å². The van der Waals surface area contributed by atoms with Crippen LogP contribution in [0.25, 0.3) is 22.4 Å². The summed E-state index contributed by atoms with van der Waals surface area (Å²) >= 11 is 6.85. The van der Waals surface area contributed by atoms with Gasteiger partial charge in [-0.05, 0) is 32.8 Å². The fourth-order valence-electron chi connectivity index (χ4n) is 3.28. The number of fused-ring (bicyclic) bond motifs is 2. The van der Waals surface area contributed by atoms with Crippen LogP contribution in [0.5, 0.6) is 0 Å². The van der Waals surface area contributed by atoms with Crippen LogP contribution in [0.15, 0.2) is 66.7 Å². The molecule has 2 nitrogen and oxygen atoms in total. The van der Waals surface area contributed by atoms with Crippen molar-refractivity contribution in [2.75, 3.05) is 0 Å². The van der Waals surface area contributed by atoms with Crippen molar-refractivity contribution in [2.24, 2.45) is 0 Å². The summed E-state index contributed by atoms with van der Waals surface area (Å²) in [5.41, 5.74) is 1.29.